The Morgan fingerprint density at radius 3 is 2.82 bits per heavy atom. The summed E-state index contributed by atoms with van der Waals surface area (Å²) < 4.78 is 0. The van der Waals surface area contributed by atoms with Gasteiger partial charge in [0.05, 0.1) is 17.6 Å². The van der Waals surface area contributed by atoms with Crippen LogP contribution in [0, 0.1) is 0 Å². The van der Waals surface area contributed by atoms with Crippen LogP contribution >= 0.6 is 24.8 Å². The van der Waals surface area contributed by atoms with Gasteiger partial charge in [-0.3, -0.25) is 4.98 Å². The minimum Gasteiger partial charge on any atom is -0.382 e. The van der Waals surface area contributed by atoms with Crippen LogP contribution in [-0.2, 0) is 6.42 Å². The highest BCUT2D eigenvalue weighted by atomic mass is 35.5. The van der Waals surface area contributed by atoms with Crippen LogP contribution in [0.1, 0.15) is 31.2 Å². The van der Waals surface area contributed by atoms with Gasteiger partial charge in [0.1, 0.15) is 5.82 Å². The van der Waals surface area contributed by atoms with Gasteiger partial charge in [-0.25, -0.2) is 4.98 Å². The number of rotatable bonds is 1. The summed E-state index contributed by atoms with van der Waals surface area (Å²) in [4.78, 5) is 11.2. The van der Waals surface area contributed by atoms with E-state index < -0.39 is 0 Å². The summed E-state index contributed by atoms with van der Waals surface area (Å²) in [5.74, 6) is 0.987. The zero-order chi connectivity index (χ0) is 10.8. The molecule has 4 nitrogen and oxygen atoms in total. The lowest BCUT2D eigenvalue weighted by Gasteiger charge is -2.19. The first-order chi connectivity index (χ1) is 7.20. The van der Waals surface area contributed by atoms with Gasteiger partial charge in [0.15, 0.2) is 0 Å². The molecule has 0 radical (unpaired) electrons. The Bertz CT molecular complexity index is 359. The summed E-state index contributed by atoms with van der Waals surface area (Å²) >= 11 is 0. The SMILES string of the molecule is CCN1CCc2nc(N)cnc2[C@@H](C)C1.Cl.Cl. The van der Waals surface area contributed by atoms with Crippen molar-refractivity contribution in [1.82, 2.24) is 14.9 Å². The Labute approximate surface area is 115 Å². The Morgan fingerprint density at radius 1 is 1.47 bits per heavy atom. The average molecular weight is 279 g/mol. The van der Waals surface area contributed by atoms with Crippen molar-refractivity contribution >= 4 is 30.6 Å². The minimum absolute atomic E-state index is 0. The van der Waals surface area contributed by atoms with Crippen molar-refractivity contribution in [2.75, 3.05) is 25.4 Å². The van der Waals surface area contributed by atoms with Crippen LogP contribution in [0.4, 0.5) is 5.82 Å². The van der Waals surface area contributed by atoms with Crippen molar-refractivity contribution in [3.63, 3.8) is 0 Å². The van der Waals surface area contributed by atoms with E-state index >= 15 is 0 Å². The van der Waals surface area contributed by atoms with Crippen LogP contribution in [0.15, 0.2) is 6.20 Å². The molecule has 0 aromatic carbocycles. The third-order valence-corrected chi connectivity index (χ3v) is 3.01. The van der Waals surface area contributed by atoms with Crippen LogP contribution in [0.25, 0.3) is 0 Å². The average Bonchev–Trinajstić information content (AvgIpc) is 2.38. The van der Waals surface area contributed by atoms with Crippen molar-refractivity contribution < 1.29 is 0 Å². The number of hydrogen-bond acceptors (Lipinski definition) is 4. The number of nitrogens with two attached hydrogens (primary N) is 1. The van der Waals surface area contributed by atoms with Gasteiger partial charge in [0, 0.05) is 25.4 Å². The fourth-order valence-electron chi connectivity index (χ4n) is 2.16. The normalized spacial score (nSPS) is 19.5. The maximum Gasteiger partial charge on any atom is 0.142 e. The number of nitrogens with zero attached hydrogens (tertiary/aromatic N) is 3. The van der Waals surface area contributed by atoms with E-state index in [0.717, 1.165) is 37.4 Å². The van der Waals surface area contributed by atoms with Gasteiger partial charge in [-0.05, 0) is 6.54 Å². The number of nitrogen functional groups attached to an aromatic ring is 1. The Morgan fingerprint density at radius 2 is 2.18 bits per heavy atom. The molecule has 0 spiro atoms. The highest BCUT2D eigenvalue weighted by Crippen LogP contribution is 2.22. The second-order valence-electron chi connectivity index (χ2n) is 4.17. The molecule has 1 atom stereocenters. The van der Waals surface area contributed by atoms with E-state index in [0.29, 0.717) is 11.7 Å². The van der Waals surface area contributed by atoms with E-state index in [1.54, 1.807) is 6.20 Å². The first-order valence-electron chi connectivity index (χ1n) is 5.54. The summed E-state index contributed by atoms with van der Waals surface area (Å²) in [7, 11) is 0. The van der Waals surface area contributed by atoms with Crippen LogP contribution in [0.3, 0.4) is 0 Å². The predicted octanol–water partition coefficient (Wildman–Crippen LogP) is 1.88. The topological polar surface area (TPSA) is 55.0 Å². The van der Waals surface area contributed by atoms with Crippen molar-refractivity contribution in [1.29, 1.82) is 0 Å². The third kappa shape index (κ3) is 3.69. The van der Waals surface area contributed by atoms with Crippen molar-refractivity contribution in [2.45, 2.75) is 26.2 Å². The molecule has 0 aliphatic carbocycles. The summed E-state index contributed by atoms with van der Waals surface area (Å²) in [6, 6.07) is 0. The van der Waals surface area contributed by atoms with Gasteiger partial charge >= 0.3 is 0 Å². The lowest BCUT2D eigenvalue weighted by atomic mass is 10.1. The molecule has 0 saturated heterocycles. The van der Waals surface area contributed by atoms with E-state index in [1.165, 1.54) is 0 Å². The Hall–Kier alpha value is -0.580. The highest BCUT2D eigenvalue weighted by Gasteiger charge is 2.21. The molecule has 0 amide bonds. The van der Waals surface area contributed by atoms with Gasteiger partial charge in [0.25, 0.3) is 0 Å². The largest absolute Gasteiger partial charge is 0.382 e. The highest BCUT2D eigenvalue weighted by molar-refractivity contribution is 5.85. The first-order valence-corrected chi connectivity index (χ1v) is 5.54. The number of fused-ring (bicyclic) bond motifs is 1. The molecule has 0 saturated carbocycles. The molecule has 2 heterocycles. The Kier molecular flexibility index (Phi) is 6.75. The molecule has 2 N–H and O–H groups in total. The summed E-state index contributed by atoms with van der Waals surface area (Å²) in [5, 5.41) is 0. The molecular formula is C11H20Cl2N4. The zero-order valence-corrected chi connectivity index (χ0v) is 11.9. The maximum absolute atomic E-state index is 5.66. The number of aromatic nitrogens is 2. The fourth-order valence-corrected chi connectivity index (χ4v) is 2.16. The first kappa shape index (κ1) is 16.4. The smallest absolute Gasteiger partial charge is 0.142 e. The lowest BCUT2D eigenvalue weighted by molar-refractivity contribution is 0.285. The molecule has 98 valence electrons. The zero-order valence-electron chi connectivity index (χ0n) is 10.2. The lowest BCUT2D eigenvalue weighted by Crippen LogP contribution is -2.27. The molecule has 6 heteroatoms. The van der Waals surface area contributed by atoms with Gasteiger partial charge in [-0.15, -0.1) is 24.8 Å². The molecule has 1 aromatic heterocycles. The standard InChI is InChI=1S/C11H18N4.2ClH/c1-3-15-5-4-9-11(8(2)7-15)13-6-10(12)14-9;;/h6,8H,3-5,7H2,1-2H3,(H2,12,14);2*1H/t8-;;/m0../s1. The summed E-state index contributed by atoms with van der Waals surface area (Å²) in [6.45, 7) is 7.62. The quantitative estimate of drug-likeness (QED) is 0.853. The molecule has 1 aliphatic rings. The molecule has 1 aliphatic heterocycles. The fraction of sp³-hybridized carbons (Fsp3) is 0.636. The van der Waals surface area contributed by atoms with Gasteiger partial charge in [-0.1, -0.05) is 13.8 Å². The summed E-state index contributed by atoms with van der Waals surface area (Å²) in [6.07, 6.45) is 2.63. The second kappa shape index (κ2) is 6.99. The number of hydrogen-bond donors (Lipinski definition) is 1. The monoisotopic (exact) mass is 278 g/mol. The maximum atomic E-state index is 5.66. The third-order valence-electron chi connectivity index (χ3n) is 3.01. The van der Waals surface area contributed by atoms with Crippen LogP contribution in [-0.4, -0.2) is 34.5 Å². The number of likely N-dealkylation sites (N-methyl/N-ethyl adjacent to an activating group) is 1. The number of halogens is 2. The molecule has 1 aromatic rings. The van der Waals surface area contributed by atoms with Crippen molar-refractivity contribution in [3.8, 4) is 0 Å². The van der Waals surface area contributed by atoms with Crippen molar-refractivity contribution in [2.24, 2.45) is 0 Å². The molecule has 0 bridgehead atoms. The molecule has 2 rings (SSSR count). The van der Waals surface area contributed by atoms with E-state index in [1.807, 2.05) is 0 Å². The molecule has 17 heavy (non-hydrogen) atoms. The van der Waals surface area contributed by atoms with E-state index in [-0.39, 0.29) is 24.8 Å². The summed E-state index contributed by atoms with van der Waals surface area (Å²) in [5.41, 5.74) is 7.87. The molecule has 0 unspecified atom stereocenters. The second-order valence-corrected chi connectivity index (χ2v) is 4.17. The van der Waals surface area contributed by atoms with Gasteiger partial charge in [0.2, 0.25) is 0 Å². The van der Waals surface area contributed by atoms with Crippen LogP contribution in [0.5, 0.6) is 0 Å². The van der Waals surface area contributed by atoms with Gasteiger partial charge < -0.3 is 10.6 Å². The van der Waals surface area contributed by atoms with Crippen LogP contribution in [0.2, 0.25) is 0 Å². The van der Waals surface area contributed by atoms with Crippen molar-refractivity contribution in [3.05, 3.63) is 17.6 Å². The van der Waals surface area contributed by atoms with E-state index in [4.69, 9.17) is 5.73 Å². The van der Waals surface area contributed by atoms with E-state index in [9.17, 15) is 0 Å². The number of anilines is 1. The molecule has 0 fully saturated rings. The predicted molar refractivity (Wildman–Crippen MR) is 75.2 cm³/mol. The van der Waals surface area contributed by atoms with E-state index in [2.05, 4.69) is 28.7 Å². The minimum atomic E-state index is 0. The van der Waals surface area contributed by atoms with Crippen LogP contribution < -0.4 is 5.73 Å². The molecular weight excluding hydrogens is 259 g/mol. The Balaban J connectivity index is 0.00000128. The van der Waals surface area contributed by atoms with Gasteiger partial charge in [-0.2, -0.15) is 0 Å².